The molecule has 2 aromatic carbocycles. The van der Waals surface area contributed by atoms with Crippen LogP contribution < -0.4 is 5.30 Å². The first kappa shape index (κ1) is 22.7. The number of phenols is 2. The molecular formula is C25H33O4P. The molecule has 0 bridgehead atoms. The van der Waals surface area contributed by atoms with Gasteiger partial charge in [0.1, 0.15) is 11.5 Å². The summed E-state index contributed by atoms with van der Waals surface area (Å²) in [7, 11) is -3.49. The van der Waals surface area contributed by atoms with Crippen LogP contribution in [0.5, 0.6) is 11.5 Å². The highest BCUT2D eigenvalue weighted by Crippen LogP contribution is 2.55. The highest BCUT2D eigenvalue weighted by atomic mass is 31.2. The lowest BCUT2D eigenvalue weighted by Gasteiger charge is -2.39. The molecule has 5 heteroatoms. The Kier molecular flexibility index (Phi) is 7.10. The summed E-state index contributed by atoms with van der Waals surface area (Å²) in [6.45, 7) is 10.3. The van der Waals surface area contributed by atoms with E-state index in [1.165, 1.54) is 18.2 Å². The average Bonchev–Trinajstić information content (AvgIpc) is 2.70. The van der Waals surface area contributed by atoms with Crippen molar-refractivity contribution in [1.29, 1.82) is 0 Å². The molecule has 1 fully saturated rings. The van der Waals surface area contributed by atoms with Crippen LogP contribution in [0, 0.1) is 17.8 Å². The van der Waals surface area contributed by atoms with E-state index in [0.29, 0.717) is 17.8 Å². The Labute approximate surface area is 180 Å². The minimum atomic E-state index is -3.49. The van der Waals surface area contributed by atoms with Crippen LogP contribution in [-0.4, -0.2) is 16.3 Å². The summed E-state index contributed by atoms with van der Waals surface area (Å²) in [5.74, 6) is 1.09. The Morgan fingerprint density at radius 3 is 2.50 bits per heavy atom. The number of rotatable bonds is 7. The largest absolute Gasteiger partial charge is 0.508 e. The molecule has 0 aliphatic heterocycles. The van der Waals surface area contributed by atoms with Crippen LogP contribution in [0.25, 0.3) is 6.08 Å². The van der Waals surface area contributed by atoms with Crippen molar-refractivity contribution in [1.82, 2.24) is 0 Å². The van der Waals surface area contributed by atoms with Crippen molar-refractivity contribution >= 4 is 18.7 Å². The third kappa shape index (κ3) is 5.17. The predicted molar refractivity (Wildman–Crippen MR) is 123 cm³/mol. The second kappa shape index (κ2) is 9.41. The van der Waals surface area contributed by atoms with Gasteiger partial charge in [-0.2, -0.15) is 0 Å². The number of phenolic OH excluding ortho intramolecular Hbond substituents is 2. The van der Waals surface area contributed by atoms with Crippen molar-refractivity contribution in [2.24, 2.45) is 17.8 Å². The van der Waals surface area contributed by atoms with Gasteiger partial charge in [0.15, 0.2) is 0 Å². The van der Waals surface area contributed by atoms with Crippen LogP contribution in [0.2, 0.25) is 0 Å². The summed E-state index contributed by atoms with van der Waals surface area (Å²) in [5, 5.41) is 20.7. The summed E-state index contributed by atoms with van der Waals surface area (Å²) in [5.41, 5.74) is 1.84. The second-order valence-electron chi connectivity index (χ2n) is 8.92. The van der Waals surface area contributed by atoms with Crippen LogP contribution in [0.15, 0.2) is 49.0 Å². The van der Waals surface area contributed by atoms with E-state index in [-0.39, 0.29) is 29.1 Å². The van der Waals surface area contributed by atoms with Gasteiger partial charge in [0, 0.05) is 0 Å². The van der Waals surface area contributed by atoms with Gasteiger partial charge in [-0.3, -0.25) is 4.57 Å². The fourth-order valence-corrected chi connectivity index (χ4v) is 6.90. The van der Waals surface area contributed by atoms with Gasteiger partial charge in [0.25, 0.3) is 0 Å². The zero-order valence-corrected chi connectivity index (χ0v) is 19.0. The minimum Gasteiger partial charge on any atom is -0.508 e. The maximum atomic E-state index is 14.3. The van der Waals surface area contributed by atoms with E-state index in [0.717, 1.165) is 30.4 Å². The van der Waals surface area contributed by atoms with Crippen molar-refractivity contribution in [3.05, 3.63) is 60.2 Å². The van der Waals surface area contributed by atoms with Gasteiger partial charge < -0.3 is 14.7 Å². The van der Waals surface area contributed by atoms with Gasteiger partial charge in [0.2, 0.25) is 7.37 Å². The standard InChI is InChI=1S/C25H33O4P/c1-5-19-7-9-20(10-8-19)16-30(28,25-15-21(26)11-13-23(25)27)29-24-14-18(4)6-12-22(24)17(2)3/h5,7-11,13,15,17-18,22,24,26-27H,1,6,12,14,16H2,2-4H3/t18-,22+,24-,30?/m1/s1. The van der Waals surface area contributed by atoms with Gasteiger partial charge in [-0.25, -0.2) is 0 Å². The molecule has 2 aromatic rings. The molecule has 2 N–H and O–H groups in total. The van der Waals surface area contributed by atoms with Crippen molar-refractivity contribution in [3.8, 4) is 11.5 Å². The van der Waals surface area contributed by atoms with Gasteiger partial charge in [0.05, 0.1) is 17.6 Å². The van der Waals surface area contributed by atoms with E-state index in [1.807, 2.05) is 24.3 Å². The van der Waals surface area contributed by atoms with E-state index in [9.17, 15) is 14.8 Å². The van der Waals surface area contributed by atoms with Gasteiger partial charge >= 0.3 is 0 Å². The summed E-state index contributed by atoms with van der Waals surface area (Å²) < 4.78 is 20.8. The SMILES string of the molecule is C=Cc1ccc(CP(=O)(O[C@@H]2C[C@H](C)CC[C@H]2C(C)C)c2cc(O)ccc2O)cc1. The minimum absolute atomic E-state index is 0.0361. The van der Waals surface area contributed by atoms with E-state index in [4.69, 9.17) is 4.52 Å². The second-order valence-corrected chi connectivity index (χ2v) is 11.3. The van der Waals surface area contributed by atoms with Crippen LogP contribution in [0.4, 0.5) is 0 Å². The average molecular weight is 429 g/mol. The number of benzene rings is 2. The van der Waals surface area contributed by atoms with Crippen LogP contribution in [0.1, 0.15) is 51.2 Å². The molecule has 1 aliphatic rings. The highest BCUT2D eigenvalue weighted by Gasteiger charge is 2.39. The summed E-state index contributed by atoms with van der Waals surface area (Å²) in [6, 6.07) is 11.8. The normalized spacial score (nSPS) is 23.8. The molecular weight excluding hydrogens is 395 g/mol. The Morgan fingerprint density at radius 2 is 1.87 bits per heavy atom. The van der Waals surface area contributed by atoms with Gasteiger partial charge in [-0.15, -0.1) is 0 Å². The van der Waals surface area contributed by atoms with Crippen molar-refractivity contribution in [2.45, 2.75) is 52.3 Å². The molecule has 1 saturated carbocycles. The Hall–Kier alpha value is -2.03. The van der Waals surface area contributed by atoms with E-state index >= 15 is 0 Å². The van der Waals surface area contributed by atoms with Crippen LogP contribution >= 0.6 is 7.37 Å². The molecule has 162 valence electrons. The zero-order chi connectivity index (χ0) is 21.9. The molecule has 3 rings (SSSR count). The summed E-state index contributed by atoms with van der Waals surface area (Å²) in [6.07, 6.45) is 4.82. The fourth-order valence-electron chi connectivity index (χ4n) is 4.42. The van der Waals surface area contributed by atoms with E-state index in [1.54, 1.807) is 6.08 Å². The topological polar surface area (TPSA) is 66.8 Å². The van der Waals surface area contributed by atoms with Gasteiger partial charge in [-0.05, 0) is 59.9 Å². The quantitative estimate of drug-likeness (QED) is 0.400. The third-order valence-corrected chi connectivity index (χ3v) is 8.68. The molecule has 0 aromatic heterocycles. The molecule has 1 aliphatic carbocycles. The first-order valence-corrected chi connectivity index (χ1v) is 12.5. The monoisotopic (exact) mass is 428 g/mol. The Balaban J connectivity index is 2.00. The third-order valence-electron chi connectivity index (χ3n) is 6.20. The molecule has 0 heterocycles. The molecule has 1 unspecified atom stereocenters. The maximum absolute atomic E-state index is 14.3. The molecule has 30 heavy (non-hydrogen) atoms. The molecule has 0 saturated heterocycles. The first-order chi connectivity index (χ1) is 14.2. The maximum Gasteiger partial charge on any atom is 0.240 e. The first-order valence-electron chi connectivity index (χ1n) is 10.7. The lowest BCUT2D eigenvalue weighted by molar-refractivity contribution is 0.0495. The van der Waals surface area contributed by atoms with Crippen molar-refractivity contribution in [2.75, 3.05) is 0 Å². The van der Waals surface area contributed by atoms with Crippen LogP contribution in [-0.2, 0) is 15.3 Å². The molecule has 4 atom stereocenters. The summed E-state index contributed by atoms with van der Waals surface area (Å²) >= 11 is 0. The number of hydrogen-bond acceptors (Lipinski definition) is 4. The van der Waals surface area contributed by atoms with Crippen molar-refractivity contribution < 1.29 is 19.3 Å². The fraction of sp³-hybridized carbons (Fsp3) is 0.440. The van der Waals surface area contributed by atoms with Crippen molar-refractivity contribution in [3.63, 3.8) is 0 Å². The lowest BCUT2D eigenvalue weighted by Crippen LogP contribution is -2.34. The highest BCUT2D eigenvalue weighted by molar-refractivity contribution is 7.66. The molecule has 4 nitrogen and oxygen atoms in total. The van der Waals surface area contributed by atoms with Gasteiger partial charge in [-0.1, -0.05) is 64.1 Å². The number of aromatic hydroxyl groups is 2. The Morgan fingerprint density at radius 1 is 1.17 bits per heavy atom. The smallest absolute Gasteiger partial charge is 0.240 e. The number of hydrogen-bond donors (Lipinski definition) is 2. The zero-order valence-electron chi connectivity index (χ0n) is 18.1. The molecule has 0 amide bonds. The Bertz CT molecular complexity index is 919. The predicted octanol–water partition coefficient (Wildman–Crippen LogP) is 6.32. The summed E-state index contributed by atoms with van der Waals surface area (Å²) in [4.78, 5) is 0. The van der Waals surface area contributed by atoms with E-state index < -0.39 is 7.37 Å². The molecule has 0 radical (unpaired) electrons. The van der Waals surface area contributed by atoms with E-state index in [2.05, 4.69) is 27.4 Å². The molecule has 0 spiro atoms. The van der Waals surface area contributed by atoms with Crippen LogP contribution in [0.3, 0.4) is 0 Å². The lowest BCUT2D eigenvalue weighted by atomic mass is 9.75.